The minimum absolute atomic E-state index is 0.0606. The molecule has 1 amide bonds. The minimum atomic E-state index is -0.0606. The van der Waals surface area contributed by atoms with Crippen molar-refractivity contribution in [2.24, 2.45) is 0 Å². The molecule has 1 aromatic rings. The number of hydrogen-bond donors (Lipinski definition) is 2. The molecule has 0 unspecified atom stereocenters. The maximum absolute atomic E-state index is 12.3. The lowest BCUT2D eigenvalue weighted by Crippen LogP contribution is -2.34. The summed E-state index contributed by atoms with van der Waals surface area (Å²) < 4.78 is 0. The summed E-state index contributed by atoms with van der Waals surface area (Å²) in [6.07, 6.45) is 5.83. The van der Waals surface area contributed by atoms with Crippen LogP contribution >= 0.6 is 0 Å². The van der Waals surface area contributed by atoms with Crippen molar-refractivity contribution in [3.63, 3.8) is 0 Å². The second-order valence-electron chi connectivity index (χ2n) is 5.76. The first kappa shape index (κ1) is 15.9. The maximum atomic E-state index is 12.3. The number of aryl methyl sites for hydroxylation is 1. The highest BCUT2D eigenvalue weighted by molar-refractivity contribution is 5.95. The van der Waals surface area contributed by atoms with E-state index in [0.717, 1.165) is 50.3 Å². The van der Waals surface area contributed by atoms with Crippen LogP contribution in [0.2, 0.25) is 0 Å². The average Bonchev–Trinajstić information content (AvgIpc) is 2.53. The SMILES string of the molecule is CCC(CC)NC(=O)c1cnc([C@@H]2CCCNC2)nc1C. The zero-order valence-electron chi connectivity index (χ0n) is 13.3. The van der Waals surface area contributed by atoms with Gasteiger partial charge in [-0.2, -0.15) is 0 Å². The van der Waals surface area contributed by atoms with Gasteiger partial charge in [-0.05, 0) is 39.2 Å². The van der Waals surface area contributed by atoms with Gasteiger partial charge in [0.05, 0.1) is 11.3 Å². The van der Waals surface area contributed by atoms with Crippen LogP contribution in [-0.2, 0) is 0 Å². The van der Waals surface area contributed by atoms with Gasteiger partial charge in [0.25, 0.3) is 5.91 Å². The number of nitrogens with one attached hydrogen (secondary N) is 2. The van der Waals surface area contributed by atoms with Crippen molar-refractivity contribution in [2.45, 2.75) is 58.4 Å². The van der Waals surface area contributed by atoms with E-state index in [-0.39, 0.29) is 11.9 Å². The number of carbonyl (C=O) groups excluding carboxylic acids is 1. The van der Waals surface area contributed by atoms with E-state index in [2.05, 4.69) is 34.4 Å². The number of carbonyl (C=O) groups is 1. The predicted molar refractivity (Wildman–Crippen MR) is 83.4 cm³/mol. The number of amides is 1. The molecule has 2 rings (SSSR count). The van der Waals surface area contributed by atoms with E-state index in [1.165, 1.54) is 0 Å². The van der Waals surface area contributed by atoms with Crippen LogP contribution in [0, 0.1) is 6.92 Å². The lowest BCUT2D eigenvalue weighted by Gasteiger charge is -2.22. The smallest absolute Gasteiger partial charge is 0.254 e. The number of hydrogen-bond acceptors (Lipinski definition) is 4. The van der Waals surface area contributed by atoms with Crippen molar-refractivity contribution in [2.75, 3.05) is 13.1 Å². The van der Waals surface area contributed by atoms with Crippen LogP contribution in [0.25, 0.3) is 0 Å². The molecule has 1 fully saturated rings. The van der Waals surface area contributed by atoms with E-state index in [9.17, 15) is 4.79 Å². The molecule has 5 nitrogen and oxygen atoms in total. The third kappa shape index (κ3) is 4.00. The largest absolute Gasteiger partial charge is 0.349 e. The molecular weight excluding hydrogens is 264 g/mol. The molecule has 1 aromatic heterocycles. The molecule has 0 aliphatic carbocycles. The maximum Gasteiger partial charge on any atom is 0.254 e. The number of piperidine rings is 1. The van der Waals surface area contributed by atoms with Crippen molar-refractivity contribution >= 4 is 5.91 Å². The van der Waals surface area contributed by atoms with Gasteiger partial charge in [0.2, 0.25) is 0 Å². The van der Waals surface area contributed by atoms with Gasteiger partial charge in [0, 0.05) is 24.7 Å². The number of nitrogens with zero attached hydrogens (tertiary/aromatic N) is 2. The molecule has 116 valence electrons. The molecule has 1 atom stereocenters. The summed E-state index contributed by atoms with van der Waals surface area (Å²) in [7, 11) is 0. The second-order valence-corrected chi connectivity index (χ2v) is 5.76. The molecule has 0 bridgehead atoms. The highest BCUT2D eigenvalue weighted by atomic mass is 16.1. The zero-order valence-corrected chi connectivity index (χ0v) is 13.3. The van der Waals surface area contributed by atoms with E-state index < -0.39 is 0 Å². The van der Waals surface area contributed by atoms with Gasteiger partial charge in [0.1, 0.15) is 5.82 Å². The summed E-state index contributed by atoms with van der Waals surface area (Å²) in [5.41, 5.74) is 1.36. The Labute approximate surface area is 127 Å². The quantitative estimate of drug-likeness (QED) is 0.872. The van der Waals surface area contributed by atoms with Crippen molar-refractivity contribution in [1.82, 2.24) is 20.6 Å². The fraction of sp³-hybridized carbons (Fsp3) is 0.688. The van der Waals surface area contributed by atoms with Crippen molar-refractivity contribution in [1.29, 1.82) is 0 Å². The van der Waals surface area contributed by atoms with Gasteiger partial charge >= 0.3 is 0 Å². The molecule has 1 aliphatic rings. The highest BCUT2D eigenvalue weighted by Gasteiger charge is 2.20. The fourth-order valence-corrected chi connectivity index (χ4v) is 2.73. The number of aromatic nitrogens is 2. The number of rotatable bonds is 5. The lowest BCUT2D eigenvalue weighted by molar-refractivity contribution is 0.0933. The monoisotopic (exact) mass is 290 g/mol. The van der Waals surface area contributed by atoms with Crippen molar-refractivity contribution in [3.8, 4) is 0 Å². The van der Waals surface area contributed by atoms with Gasteiger partial charge in [0.15, 0.2) is 0 Å². The van der Waals surface area contributed by atoms with Crippen LogP contribution in [0.15, 0.2) is 6.20 Å². The summed E-state index contributed by atoms with van der Waals surface area (Å²) >= 11 is 0. The van der Waals surface area contributed by atoms with Crippen LogP contribution in [0.4, 0.5) is 0 Å². The van der Waals surface area contributed by atoms with E-state index in [1.54, 1.807) is 6.20 Å². The Morgan fingerprint density at radius 3 is 2.81 bits per heavy atom. The first-order chi connectivity index (χ1) is 10.2. The summed E-state index contributed by atoms with van der Waals surface area (Å²) in [6, 6.07) is 0.221. The molecule has 0 aromatic carbocycles. The van der Waals surface area contributed by atoms with E-state index in [4.69, 9.17) is 0 Å². The van der Waals surface area contributed by atoms with Gasteiger partial charge in [-0.1, -0.05) is 13.8 Å². The Hall–Kier alpha value is -1.49. The van der Waals surface area contributed by atoms with Crippen LogP contribution in [-0.4, -0.2) is 35.0 Å². The Morgan fingerprint density at radius 2 is 2.24 bits per heavy atom. The Balaban J connectivity index is 2.09. The molecule has 5 heteroatoms. The average molecular weight is 290 g/mol. The van der Waals surface area contributed by atoms with Gasteiger partial charge in [-0.25, -0.2) is 9.97 Å². The van der Waals surface area contributed by atoms with Gasteiger partial charge in [-0.3, -0.25) is 4.79 Å². The molecule has 0 radical (unpaired) electrons. The molecule has 1 saturated heterocycles. The molecular formula is C16H26N4O. The first-order valence-corrected chi connectivity index (χ1v) is 8.00. The molecule has 2 heterocycles. The Morgan fingerprint density at radius 1 is 1.48 bits per heavy atom. The predicted octanol–water partition coefficient (Wildman–Crippen LogP) is 2.17. The van der Waals surface area contributed by atoms with Gasteiger partial charge < -0.3 is 10.6 Å². The summed E-state index contributed by atoms with van der Waals surface area (Å²) in [4.78, 5) is 21.3. The summed E-state index contributed by atoms with van der Waals surface area (Å²) in [5, 5.41) is 6.41. The van der Waals surface area contributed by atoms with E-state index in [1.807, 2.05) is 6.92 Å². The molecule has 1 aliphatic heterocycles. The molecule has 21 heavy (non-hydrogen) atoms. The summed E-state index contributed by atoms with van der Waals surface area (Å²) in [5.74, 6) is 1.17. The minimum Gasteiger partial charge on any atom is -0.349 e. The molecule has 0 spiro atoms. The first-order valence-electron chi connectivity index (χ1n) is 8.00. The second kappa shape index (κ2) is 7.50. The third-order valence-corrected chi connectivity index (χ3v) is 4.23. The standard InChI is InChI=1S/C16H26N4O/c1-4-13(5-2)20-16(21)14-10-18-15(19-11(14)3)12-7-6-8-17-9-12/h10,12-13,17H,4-9H2,1-3H3,(H,20,21)/t12-/m1/s1. The van der Waals surface area contributed by atoms with E-state index in [0.29, 0.717) is 11.5 Å². The summed E-state index contributed by atoms with van der Waals surface area (Å²) in [6.45, 7) is 8.06. The van der Waals surface area contributed by atoms with Crippen LogP contribution in [0.5, 0.6) is 0 Å². The Bertz CT molecular complexity index is 479. The van der Waals surface area contributed by atoms with E-state index >= 15 is 0 Å². The normalized spacial score (nSPS) is 18.8. The zero-order chi connectivity index (χ0) is 15.2. The van der Waals surface area contributed by atoms with Gasteiger partial charge in [-0.15, -0.1) is 0 Å². The Kier molecular flexibility index (Phi) is 5.67. The third-order valence-electron chi connectivity index (χ3n) is 4.23. The van der Waals surface area contributed by atoms with Crippen LogP contribution in [0.1, 0.15) is 67.3 Å². The topological polar surface area (TPSA) is 66.9 Å². The molecule has 2 N–H and O–H groups in total. The van der Waals surface area contributed by atoms with Crippen LogP contribution in [0.3, 0.4) is 0 Å². The lowest BCUT2D eigenvalue weighted by atomic mass is 9.98. The van der Waals surface area contributed by atoms with Crippen molar-refractivity contribution in [3.05, 3.63) is 23.3 Å². The molecule has 0 saturated carbocycles. The fourth-order valence-electron chi connectivity index (χ4n) is 2.73. The van der Waals surface area contributed by atoms with Crippen molar-refractivity contribution < 1.29 is 4.79 Å². The van der Waals surface area contributed by atoms with Crippen LogP contribution < -0.4 is 10.6 Å². The highest BCUT2D eigenvalue weighted by Crippen LogP contribution is 2.20.